The lowest BCUT2D eigenvalue weighted by Gasteiger charge is -2.13. The summed E-state index contributed by atoms with van der Waals surface area (Å²) in [6, 6.07) is 7.20. The molecule has 8 heteroatoms. The second-order valence-electron chi connectivity index (χ2n) is 4.52. The fraction of sp³-hybridized carbons (Fsp3) is 0.286. The fourth-order valence-electron chi connectivity index (χ4n) is 1.75. The third-order valence-corrected chi connectivity index (χ3v) is 3.30. The van der Waals surface area contributed by atoms with Crippen LogP contribution in [0.3, 0.4) is 0 Å². The Morgan fingerprint density at radius 1 is 1.32 bits per heavy atom. The van der Waals surface area contributed by atoms with Gasteiger partial charge in [0.1, 0.15) is 10.7 Å². The van der Waals surface area contributed by atoms with E-state index in [4.69, 9.17) is 16.3 Å². The van der Waals surface area contributed by atoms with E-state index in [0.29, 0.717) is 11.9 Å². The average Bonchev–Trinajstić information content (AvgIpc) is 2.45. The van der Waals surface area contributed by atoms with Crippen molar-refractivity contribution >= 4 is 23.2 Å². The van der Waals surface area contributed by atoms with Gasteiger partial charge in [-0.25, -0.2) is 9.97 Å². The molecule has 0 saturated heterocycles. The topological polar surface area (TPSA) is 47.0 Å². The van der Waals surface area contributed by atoms with Gasteiger partial charge in [-0.3, -0.25) is 0 Å². The molecule has 1 unspecified atom stereocenters. The van der Waals surface area contributed by atoms with Gasteiger partial charge in [-0.1, -0.05) is 23.7 Å². The Hall–Kier alpha value is -1.86. The zero-order valence-corrected chi connectivity index (χ0v) is 12.5. The monoisotopic (exact) mass is 331 g/mol. The first-order chi connectivity index (χ1) is 10.3. The number of methoxy groups -OCH3 is 1. The van der Waals surface area contributed by atoms with Gasteiger partial charge in [0.15, 0.2) is 0 Å². The van der Waals surface area contributed by atoms with Gasteiger partial charge in [0.05, 0.1) is 6.10 Å². The molecule has 1 atom stereocenters. The smallest absolute Gasteiger partial charge is 0.377 e. The van der Waals surface area contributed by atoms with Gasteiger partial charge in [0.2, 0.25) is 5.95 Å². The van der Waals surface area contributed by atoms with Crippen molar-refractivity contribution < 1.29 is 17.9 Å². The predicted octanol–water partition coefficient (Wildman–Crippen LogP) is 4.60. The van der Waals surface area contributed by atoms with E-state index in [1.54, 1.807) is 25.3 Å². The largest absolute Gasteiger partial charge is 0.420 e. The molecule has 1 heterocycles. The van der Waals surface area contributed by atoms with Crippen LogP contribution in [0.1, 0.15) is 24.2 Å². The number of halogens is 4. The number of rotatable bonds is 4. The summed E-state index contributed by atoms with van der Waals surface area (Å²) in [5.41, 5.74) is 0.462. The van der Waals surface area contributed by atoms with E-state index < -0.39 is 16.9 Å². The minimum atomic E-state index is -4.58. The molecule has 2 rings (SSSR count). The fourth-order valence-corrected chi connectivity index (χ4v) is 1.98. The van der Waals surface area contributed by atoms with E-state index >= 15 is 0 Å². The first kappa shape index (κ1) is 16.5. The van der Waals surface area contributed by atoms with Crippen molar-refractivity contribution in [2.24, 2.45) is 0 Å². The quantitative estimate of drug-likeness (QED) is 0.832. The maximum atomic E-state index is 12.6. The van der Waals surface area contributed by atoms with E-state index in [1.807, 2.05) is 13.0 Å². The van der Waals surface area contributed by atoms with Crippen LogP contribution in [0.5, 0.6) is 0 Å². The van der Waals surface area contributed by atoms with E-state index in [9.17, 15) is 13.2 Å². The van der Waals surface area contributed by atoms with Crippen LogP contribution in [-0.4, -0.2) is 17.1 Å². The van der Waals surface area contributed by atoms with Crippen molar-refractivity contribution in [1.82, 2.24) is 9.97 Å². The lowest BCUT2D eigenvalue weighted by molar-refractivity contribution is -0.137. The van der Waals surface area contributed by atoms with Gasteiger partial charge in [-0.15, -0.1) is 0 Å². The Bertz CT molecular complexity index is 664. The highest BCUT2D eigenvalue weighted by Gasteiger charge is 2.34. The minimum absolute atomic E-state index is 0.0137. The Morgan fingerprint density at radius 3 is 2.64 bits per heavy atom. The number of nitrogens with zero attached hydrogens (tertiary/aromatic N) is 2. The second-order valence-corrected chi connectivity index (χ2v) is 4.88. The number of benzene rings is 1. The van der Waals surface area contributed by atoms with Crippen LogP contribution in [0, 0.1) is 0 Å². The van der Waals surface area contributed by atoms with Gasteiger partial charge in [0, 0.05) is 19.0 Å². The number of alkyl halides is 3. The average molecular weight is 332 g/mol. The van der Waals surface area contributed by atoms with Crippen LogP contribution >= 0.6 is 11.6 Å². The highest BCUT2D eigenvalue weighted by atomic mass is 35.5. The van der Waals surface area contributed by atoms with Crippen LogP contribution in [-0.2, 0) is 10.9 Å². The Morgan fingerprint density at radius 2 is 2.05 bits per heavy atom. The number of hydrogen-bond donors (Lipinski definition) is 1. The number of aromatic nitrogens is 2. The molecule has 0 spiro atoms. The molecule has 0 fully saturated rings. The van der Waals surface area contributed by atoms with E-state index in [-0.39, 0.29) is 12.1 Å². The molecule has 0 aliphatic heterocycles. The summed E-state index contributed by atoms with van der Waals surface area (Å²) in [7, 11) is 1.59. The highest BCUT2D eigenvalue weighted by molar-refractivity contribution is 6.30. The molecule has 0 saturated carbocycles. The zero-order valence-electron chi connectivity index (χ0n) is 11.8. The summed E-state index contributed by atoms with van der Waals surface area (Å²) in [5.74, 6) is -0.0137. The Kier molecular flexibility index (Phi) is 4.87. The van der Waals surface area contributed by atoms with Crippen molar-refractivity contribution in [3.8, 4) is 0 Å². The summed E-state index contributed by atoms with van der Waals surface area (Å²) >= 11 is 5.55. The molecular weight excluding hydrogens is 319 g/mol. The van der Waals surface area contributed by atoms with Crippen molar-refractivity contribution in [1.29, 1.82) is 0 Å². The summed E-state index contributed by atoms with van der Waals surface area (Å²) in [6.45, 7) is 1.88. The Balaban J connectivity index is 2.23. The summed E-state index contributed by atoms with van der Waals surface area (Å²) in [6.07, 6.45) is -4.04. The molecule has 1 aromatic carbocycles. The van der Waals surface area contributed by atoms with Gasteiger partial charge in [0.25, 0.3) is 0 Å². The molecule has 2 aromatic rings. The zero-order chi connectivity index (χ0) is 16.3. The molecule has 1 N–H and O–H groups in total. The minimum Gasteiger partial charge on any atom is -0.377 e. The van der Waals surface area contributed by atoms with Crippen LogP contribution in [0.2, 0.25) is 5.15 Å². The third kappa shape index (κ3) is 3.86. The molecule has 118 valence electrons. The molecule has 0 aliphatic rings. The standard InChI is InChI=1S/C14H13ClF3N3O/c1-8(22-2)9-4-3-5-10(6-9)20-13-19-7-11(12(15)21-13)14(16,17)18/h3-8H,1-2H3,(H,19,20,21). The first-order valence-corrected chi connectivity index (χ1v) is 6.68. The summed E-state index contributed by atoms with van der Waals surface area (Å²) in [4.78, 5) is 7.26. The molecule has 4 nitrogen and oxygen atoms in total. The van der Waals surface area contributed by atoms with E-state index in [0.717, 1.165) is 5.56 Å². The normalized spacial score (nSPS) is 13.0. The highest BCUT2D eigenvalue weighted by Crippen LogP contribution is 2.33. The molecule has 0 radical (unpaired) electrons. The molecule has 0 amide bonds. The van der Waals surface area contributed by atoms with Crippen LogP contribution < -0.4 is 5.32 Å². The molecular formula is C14H13ClF3N3O. The number of anilines is 2. The number of nitrogens with one attached hydrogen (secondary N) is 1. The molecule has 0 bridgehead atoms. The van der Waals surface area contributed by atoms with Gasteiger partial charge in [-0.05, 0) is 24.6 Å². The van der Waals surface area contributed by atoms with E-state index in [2.05, 4.69) is 15.3 Å². The van der Waals surface area contributed by atoms with Crippen molar-refractivity contribution in [2.75, 3.05) is 12.4 Å². The second kappa shape index (κ2) is 6.50. The van der Waals surface area contributed by atoms with Crippen molar-refractivity contribution in [3.63, 3.8) is 0 Å². The van der Waals surface area contributed by atoms with Gasteiger partial charge >= 0.3 is 6.18 Å². The first-order valence-electron chi connectivity index (χ1n) is 6.30. The molecule has 1 aromatic heterocycles. The van der Waals surface area contributed by atoms with Crippen LogP contribution in [0.15, 0.2) is 30.5 Å². The van der Waals surface area contributed by atoms with E-state index in [1.165, 1.54) is 0 Å². The number of hydrogen-bond acceptors (Lipinski definition) is 4. The lowest BCUT2D eigenvalue weighted by Crippen LogP contribution is -2.09. The van der Waals surface area contributed by atoms with Crippen molar-refractivity contribution in [2.45, 2.75) is 19.2 Å². The number of ether oxygens (including phenoxy) is 1. The van der Waals surface area contributed by atoms with Crippen LogP contribution in [0.4, 0.5) is 24.8 Å². The maximum absolute atomic E-state index is 12.6. The van der Waals surface area contributed by atoms with Gasteiger partial charge < -0.3 is 10.1 Å². The molecule has 22 heavy (non-hydrogen) atoms. The van der Waals surface area contributed by atoms with Crippen LogP contribution in [0.25, 0.3) is 0 Å². The Labute approximate surface area is 130 Å². The summed E-state index contributed by atoms with van der Waals surface area (Å²) in [5, 5.41) is 2.17. The predicted molar refractivity (Wildman–Crippen MR) is 77.2 cm³/mol. The summed E-state index contributed by atoms with van der Waals surface area (Å²) < 4.78 is 43.0. The SMILES string of the molecule is COC(C)c1cccc(Nc2ncc(C(F)(F)F)c(Cl)n2)c1. The molecule has 0 aliphatic carbocycles. The van der Waals surface area contributed by atoms with Crippen molar-refractivity contribution in [3.05, 3.63) is 46.7 Å². The lowest BCUT2D eigenvalue weighted by atomic mass is 10.1. The van der Waals surface area contributed by atoms with Gasteiger partial charge in [-0.2, -0.15) is 13.2 Å². The third-order valence-electron chi connectivity index (χ3n) is 3.01. The maximum Gasteiger partial charge on any atom is 0.420 e.